The number of nitrogens with zero attached hydrogens (tertiary/aromatic N) is 3. The van der Waals surface area contributed by atoms with Crippen LogP contribution in [0.1, 0.15) is 49.3 Å². The minimum absolute atomic E-state index is 0.0368. The Labute approximate surface area is 328 Å². The number of halogens is 1. The number of aryl methyl sites for hydroxylation is 1. The monoisotopic (exact) mass is 777 g/mol. The van der Waals surface area contributed by atoms with E-state index in [0.29, 0.717) is 30.0 Å². The SMILES string of the molecule is COc1ccc([Si](C)(C)[C@H]2[C@H](CC(=O)N3CCC[C@H]3CO)O[C@@]3(C(=O)N(Cc4cccc(N5C(=O)CCc6ccccc65)c4)c4ccc(Cl)cc43)[C@@H]2C)cc1. The first kappa shape index (κ1) is 37.4. The maximum atomic E-state index is 15.4. The van der Waals surface area contributed by atoms with Crippen molar-refractivity contribution in [3.8, 4) is 5.75 Å². The zero-order valence-corrected chi connectivity index (χ0v) is 33.6. The molecule has 1 spiro atoms. The molecule has 8 rings (SSSR count). The molecular formula is C44H48ClN3O6Si. The lowest BCUT2D eigenvalue weighted by molar-refractivity contribution is -0.150. The second-order valence-electron chi connectivity index (χ2n) is 16.0. The van der Waals surface area contributed by atoms with Gasteiger partial charge >= 0.3 is 0 Å². The van der Waals surface area contributed by atoms with Crippen molar-refractivity contribution in [3.05, 3.63) is 113 Å². The van der Waals surface area contributed by atoms with Crippen molar-refractivity contribution in [1.82, 2.24) is 4.90 Å². The van der Waals surface area contributed by atoms with Crippen molar-refractivity contribution in [1.29, 1.82) is 0 Å². The first-order chi connectivity index (χ1) is 26.5. The number of aliphatic hydroxyl groups excluding tert-OH is 1. The third-order valence-corrected chi connectivity index (χ3v) is 17.3. The standard InChI is InChI=1S/C44H48ClN3O6Si/c1-28-42(55(3,4)35-18-16-34(53-2)17-19-35)39(25-41(51)46-22-8-12-33(46)27-49)54-44(28)36-24-31(45)15-20-38(36)47(43(44)52)26-29-9-7-11-32(23-29)48-37-13-6-5-10-30(37)14-21-40(48)50/h5-7,9-11,13,15-20,23-24,28,33,39,42,49H,8,12,14,21-22,25-27H2,1-4H3/t28-,33+,39+,42-,44+/m1/s1. The number of likely N-dealkylation sites (tertiary alicyclic amines) is 1. The molecule has 11 heteroatoms. The molecule has 55 heavy (non-hydrogen) atoms. The van der Waals surface area contributed by atoms with Crippen molar-refractivity contribution in [2.45, 2.75) is 82.0 Å². The predicted octanol–water partition coefficient (Wildman–Crippen LogP) is 7.10. The Kier molecular flexibility index (Phi) is 9.90. The number of hydrogen-bond donors (Lipinski definition) is 1. The maximum Gasteiger partial charge on any atom is 0.264 e. The molecule has 286 valence electrons. The van der Waals surface area contributed by atoms with Crippen LogP contribution in [0.25, 0.3) is 0 Å². The molecule has 0 radical (unpaired) electrons. The molecule has 9 nitrogen and oxygen atoms in total. The molecule has 1 N–H and O–H groups in total. The minimum atomic E-state index is -2.50. The van der Waals surface area contributed by atoms with Crippen LogP contribution < -0.4 is 19.7 Å². The van der Waals surface area contributed by atoms with E-state index in [9.17, 15) is 14.7 Å². The Morgan fingerprint density at radius 3 is 2.53 bits per heavy atom. The number of aliphatic hydroxyl groups is 1. The normalized spacial score (nSPS) is 24.8. The zero-order valence-electron chi connectivity index (χ0n) is 31.8. The van der Waals surface area contributed by atoms with Gasteiger partial charge in [0.15, 0.2) is 5.60 Å². The van der Waals surface area contributed by atoms with Crippen molar-refractivity contribution in [2.75, 3.05) is 30.1 Å². The lowest BCUT2D eigenvalue weighted by atomic mass is 9.82. The molecule has 4 aromatic carbocycles. The van der Waals surface area contributed by atoms with Crippen molar-refractivity contribution in [3.63, 3.8) is 0 Å². The van der Waals surface area contributed by atoms with E-state index >= 15 is 4.79 Å². The van der Waals surface area contributed by atoms with Gasteiger partial charge in [0.05, 0.1) is 58.3 Å². The average Bonchev–Trinajstić information content (AvgIpc) is 3.85. The number of fused-ring (bicyclic) bond motifs is 3. The molecule has 0 saturated carbocycles. The van der Waals surface area contributed by atoms with Crippen molar-refractivity contribution < 1.29 is 29.0 Å². The molecule has 5 atom stereocenters. The molecule has 3 amide bonds. The van der Waals surface area contributed by atoms with Gasteiger partial charge in [-0.1, -0.05) is 79.3 Å². The van der Waals surface area contributed by atoms with Gasteiger partial charge < -0.3 is 24.4 Å². The van der Waals surface area contributed by atoms with Gasteiger partial charge in [-0.2, -0.15) is 0 Å². The lowest BCUT2D eigenvalue weighted by Crippen LogP contribution is -2.52. The summed E-state index contributed by atoms with van der Waals surface area (Å²) in [6.45, 7) is 7.47. The highest BCUT2D eigenvalue weighted by atomic mass is 35.5. The first-order valence-electron chi connectivity index (χ1n) is 19.3. The molecule has 0 bridgehead atoms. The number of carbonyl (C=O) groups is 3. The van der Waals surface area contributed by atoms with E-state index < -0.39 is 19.8 Å². The average molecular weight is 778 g/mol. The second kappa shape index (κ2) is 14.5. The van der Waals surface area contributed by atoms with Gasteiger partial charge in [0.2, 0.25) is 11.8 Å². The second-order valence-corrected chi connectivity index (χ2v) is 21.1. The summed E-state index contributed by atoms with van der Waals surface area (Å²) < 4.78 is 12.7. The van der Waals surface area contributed by atoms with Crippen LogP contribution in [-0.4, -0.2) is 68.2 Å². The molecule has 0 aromatic heterocycles. The van der Waals surface area contributed by atoms with E-state index in [1.807, 2.05) is 66.7 Å². The van der Waals surface area contributed by atoms with Gasteiger partial charge in [-0.25, -0.2) is 0 Å². The summed E-state index contributed by atoms with van der Waals surface area (Å²) in [4.78, 5) is 48.2. The Bertz CT molecular complexity index is 2140. The number of anilines is 3. The summed E-state index contributed by atoms with van der Waals surface area (Å²) in [5, 5.41) is 11.8. The van der Waals surface area contributed by atoms with Crippen LogP contribution in [0.3, 0.4) is 0 Å². The summed E-state index contributed by atoms with van der Waals surface area (Å²) in [7, 11) is -0.849. The van der Waals surface area contributed by atoms with E-state index in [1.165, 1.54) is 5.19 Å². The Morgan fingerprint density at radius 2 is 1.76 bits per heavy atom. The summed E-state index contributed by atoms with van der Waals surface area (Å²) in [5.41, 5.74) is 3.55. The van der Waals surface area contributed by atoms with Gasteiger partial charge in [0.1, 0.15) is 5.75 Å². The van der Waals surface area contributed by atoms with Gasteiger partial charge in [0, 0.05) is 35.2 Å². The highest BCUT2D eigenvalue weighted by Gasteiger charge is 2.66. The quantitative estimate of drug-likeness (QED) is 0.182. The van der Waals surface area contributed by atoms with Crippen molar-refractivity contribution in [2.24, 2.45) is 5.92 Å². The van der Waals surface area contributed by atoms with Crippen LogP contribution >= 0.6 is 11.6 Å². The summed E-state index contributed by atoms with van der Waals surface area (Å²) in [6.07, 6.45) is 2.29. The maximum absolute atomic E-state index is 15.4. The number of ether oxygens (including phenoxy) is 2. The van der Waals surface area contributed by atoms with Crippen LogP contribution in [0.5, 0.6) is 5.75 Å². The molecule has 0 unspecified atom stereocenters. The van der Waals surface area contributed by atoms with E-state index in [0.717, 1.165) is 46.8 Å². The predicted molar refractivity (Wildman–Crippen MR) is 217 cm³/mol. The fourth-order valence-corrected chi connectivity index (χ4v) is 14.2. The molecule has 4 heterocycles. The number of amides is 3. The number of carbonyl (C=O) groups excluding carboxylic acids is 3. The summed E-state index contributed by atoms with van der Waals surface area (Å²) in [6, 6.07) is 29.3. The third-order valence-electron chi connectivity index (χ3n) is 12.7. The largest absolute Gasteiger partial charge is 0.497 e. The fourth-order valence-electron chi connectivity index (χ4n) is 9.97. The summed E-state index contributed by atoms with van der Waals surface area (Å²) >= 11 is 6.73. The van der Waals surface area contributed by atoms with E-state index in [1.54, 1.807) is 27.9 Å². The minimum Gasteiger partial charge on any atom is -0.497 e. The lowest BCUT2D eigenvalue weighted by Gasteiger charge is -2.37. The van der Waals surface area contributed by atoms with Crippen LogP contribution in [0.2, 0.25) is 23.7 Å². The number of rotatable bonds is 9. The van der Waals surface area contributed by atoms with Crippen LogP contribution in [0.15, 0.2) is 91.0 Å². The van der Waals surface area contributed by atoms with Crippen LogP contribution in [-0.2, 0) is 37.7 Å². The molecule has 4 aliphatic heterocycles. The Balaban J connectivity index is 1.18. The molecule has 4 aliphatic rings. The number of benzene rings is 4. The number of methoxy groups -OCH3 is 1. The van der Waals surface area contributed by atoms with Gasteiger partial charge in [-0.05, 0) is 84.5 Å². The van der Waals surface area contributed by atoms with E-state index in [-0.39, 0.29) is 54.8 Å². The highest BCUT2D eigenvalue weighted by molar-refractivity contribution is 6.91. The van der Waals surface area contributed by atoms with E-state index in [4.69, 9.17) is 21.1 Å². The van der Waals surface area contributed by atoms with Crippen molar-refractivity contribution >= 4 is 59.6 Å². The third kappa shape index (κ3) is 6.27. The molecule has 2 fully saturated rings. The van der Waals surface area contributed by atoms with Gasteiger partial charge in [-0.15, -0.1) is 0 Å². The van der Waals surface area contributed by atoms with Gasteiger partial charge in [-0.3, -0.25) is 19.3 Å². The van der Waals surface area contributed by atoms with E-state index in [2.05, 4.69) is 38.2 Å². The van der Waals surface area contributed by atoms with Crippen LogP contribution in [0, 0.1) is 5.92 Å². The molecule has 2 saturated heterocycles. The highest BCUT2D eigenvalue weighted by Crippen LogP contribution is 2.60. The number of hydrogen-bond acceptors (Lipinski definition) is 6. The number of para-hydroxylation sites is 1. The topological polar surface area (TPSA) is 99.6 Å². The Morgan fingerprint density at radius 1 is 0.982 bits per heavy atom. The molecule has 0 aliphatic carbocycles. The smallest absolute Gasteiger partial charge is 0.264 e. The zero-order chi connectivity index (χ0) is 38.6. The van der Waals surface area contributed by atoms with Gasteiger partial charge in [0.25, 0.3) is 5.91 Å². The Hall–Kier alpha value is -4.48. The fraction of sp³-hybridized carbons (Fsp3) is 0.386. The summed E-state index contributed by atoms with van der Waals surface area (Å²) in [5.74, 6) is 0.241. The molecule has 4 aromatic rings. The molecular weight excluding hydrogens is 730 g/mol. The first-order valence-corrected chi connectivity index (χ1v) is 22.8. The van der Waals surface area contributed by atoms with Crippen LogP contribution in [0.4, 0.5) is 17.1 Å².